The summed E-state index contributed by atoms with van der Waals surface area (Å²) in [7, 11) is 0. The summed E-state index contributed by atoms with van der Waals surface area (Å²) >= 11 is 0. The highest BCUT2D eigenvalue weighted by Gasteiger charge is 2.18. The maximum Gasteiger partial charge on any atom is 0.280 e. The summed E-state index contributed by atoms with van der Waals surface area (Å²) in [4.78, 5) is 12.3. The van der Waals surface area contributed by atoms with Crippen molar-refractivity contribution in [3.63, 3.8) is 0 Å². The number of carbonyl (C=O) groups is 1. The highest BCUT2D eigenvalue weighted by Crippen LogP contribution is 2.17. The smallest absolute Gasteiger partial charge is 0.280 e. The molecular formula is C17H17N5O. The van der Waals surface area contributed by atoms with E-state index in [9.17, 15) is 4.79 Å². The van der Waals surface area contributed by atoms with Gasteiger partial charge in [-0.25, -0.2) is 0 Å². The van der Waals surface area contributed by atoms with Gasteiger partial charge in [-0.2, -0.15) is 4.68 Å². The number of carbonyl (C=O) groups excluding carboxylic acids is 1. The first-order chi connectivity index (χ1) is 11.0. The Hall–Kier alpha value is -3.15. The lowest BCUT2D eigenvalue weighted by Crippen LogP contribution is -2.15. The number of aryl methyl sites for hydroxylation is 2. The van der Waals surface area contributed by atoms with Gasteiger partial charge in [-0.15, -0.1) is 5.10 Å². The van der Waals surface area contributed by atoms with E-state index in [1.165, 1.54) is 4.68 Å². The lowest BCUT2D eigenvalue weighted by atomic mass is 10.2. The molecule has 0 unspecified atom stereocenters. The van der Waals surface area contributed by atoms with Crippen molar-refractivity contribution >= 4 is 17.4 Å². The van der Waals surface area contributed by atoms with Crippen LogP contribution >= 0.6 is 0 Å². The number of hydrogen-bond acceptors (Lipinski definition) is 4. The third-order valence-corrected chi connectivity index (χ3v) is 3.48. The van der Waals surface area contributed by atoms with E-state index >= 15 is 0 Å². The number of benzene rings is 2. The number of amides is 1. The minimum Gasteiger partial charge on any atom is -0.382 e. The van der Waals surface area contributed by atoms with Crippen molar-refractivity contribution in [2.75, 3.05) is 11.1 Å². The average molecular weight is 307 g/mol. The van der Waals surface area contributed by atoms with Crippen LogP contribution in [0.25, 0.3) is 5.69 Å². The van der Waals surface area contributed by atoms with E-state index in [1.54, 1.807) is 0 Å². The minimum absolute atomic E-state index is 0.104. The van der Waals surface area contributed by atoms with Crippen LogP contribution in [0.2, 0.25) is 0 Å². The molecule has 0 saturated carbocycles. The zero-order valence-corrected chi connectivity index (χ0v) is 12.9. The molecule has 0 spiro atoms. The van der Waals surface area contributed by atoms with E-state index in [2.05, 4.69) is 15.6 Å². The second-order valence-electron chi connectivity index (χ2n) is 5.39. The Labute approximate surface area is 133 Å². The third-order valence-electron chi connectivity index (χ3n) is 3.48. The predicted molar refractivity (Wildman–Crippen MR) is 89.6 cm³/mol. The van der Waals surface area contributed by atoms with Crippen LogP contribution in [0.4, 0.5) is 11.5 Å². The fraction of sp³-hybridized carbons (Fsp3) is 0.118. The normalized spacial score (nSPS) is 10.5. The summed E-state index contributed by atoms with van der Waals surface area (Å²) in [6.07, 6.45) is 0. The Morgan fingerprint density at radius 2 is 1.83 bits per heavy atom. The van der Waals surface area contributed by atoms with Crippen LogP contribution in [0.1, 0.15) is 21.6 Å². The van der Waals surface area contributed by atoms with Crippen LogP contribution in [0, 0.1) is 13.8 Å². The zero-order valence-electron chi connectivity index (χ0n) is 12.9. The van der Waals surface area contributed by atoms with E-state index in [-0.39, 0.29) is 17.4 Å². The average Bonchev–Trinajstić information content (AvgIpc) is 2.91. The van der Waals surface area contributed by atoms with Crippen molar-refractivity contribution in [2.24, 2.45) is 0 Å². The van der Waals surface area contributed by atoms with Gasteiger partial charge < -0.3 is 11.1 Å². The SMILES string of the molecule is Cc1ccc(NC(=O)c2nnn(-c3cccc(C)c3)c2N)cc1. The summed E-state index contributed by atoms with van der Waals surface area (Å²) < 4.78 is 1.46. The summed E-state index contributed by atoms with van der Waals surface area (Å²) in [6.45, 7) is 3.96. The molecule has 1 amide bonds. The monoisotopic (exact) mass is 307 g/mol. The Morgan fingerprint density at radius 1 is 1.09 bits per heavy atom. The molecule has 3 rings (SSSR count). The van der Waals surface area contributed by atoms with Gasteiger partial charge in [0.1, 0.15) is 0 Å². The van der Waals surface area contributed by atoms with Crippen molar-refractivity contribution < 1.29 is 4.79 Å². The maximum atomic E-state index is 12.3. The van der Waals surface area contributed by atoms with Gasteiger partial charge >= 0.3 is 0 Å². The largest absolute Gasteiger partial charge is 0.382 e. The number of nitrogen functional groups attached to an aromatic ring is 1. The van der Waals surface area contributed by atoms with E-state index < -0.39 is 0 Å². The number of nitrogens with zero attached hydrogens (tertiary/aromatic N) is 3. The molecule has 0 fully saturated rings. The van der Waals surface area contributed by atoms with Crippen LogP contribution in [0.5, 0.6) is 0 Å². The number of nitrogens with two attached hydrogens (primary N) is 1. The topological polar surface area (TPSA) is 85.8 Å². The Bertz CT molecular complexity index is 852. The van der Waals surface area contributed by atoms with Gasteiger partial charge in [0.2, 0.25) is 0 Å². The van der Waals surface area contributed by atoms with Crippen molar-refractivity contribution in [1.82, 2.24) is 15.0 Å². The predicted octanol–water partition coefficient (Wildman–Crippen LogP) is 2.72. The Balaban J connectivity index is 1.86. The number of aromatic nitrogens is 3. The Kier molecular flexibility index (Phi) is 3.80. The first kappa shape index (κ1) is 14.8. The molecule has 0 atom stereocenters. The van der Waals surface area contributed by atoms with Crippen LogP contribution in [-0.4, -0.2) is 20.9 Å². The molecule has 1 heterocycles. The molecule has 0 aliphatic heterocycles. The second kappa shape index (κ2) is 5.92. The standard InChI is InChI=1S/C17H17N5O/c1-11-6-8-13(9-7-11)19-17(23)15-16(18)22(21-20-15)14-5-3-4-12(2)10-14/h3-10H,18H2,1-2H3,(H,19,23). The quantitative estimate of drug-likeness (QED) is 0.779. The maximum absolute atomic E-state index is 12.3. The number of nitrogens with one attached hydrogen (secondary N) is 1. The number of rotatable bonds is 3. The summed E-state index contributed by atoms with van der Waals surface area (Å²) in [5.74, 6) is -0.175. The zero-order chi connectivity index (χ0) is 16.4. The van der Waals surface area contributed by atoms with Crippen molar-refractivity contribution in [1.29, 1.82) is 0 Å². The van der Waals surface area contributed by atoms with Crippen LogP contribution in [-0.2, 0) is 0 Å². The van der Waals surface area contributed by atoms with Gasteiger partial charge in [-0.05, 0) is 43.7 Å². The van der Waals surface area contributed by atoms with E-state index in [0.29, 0.717) is 5.69 Å². The molecule has 6 nitrogen and oxygen atoms in total. The van der Waals surface area contributed by atoms with Crippen molar-refractivity contribution in [2.45, 2.75) is 13.8 Å². The van der Waals surface area contributed by atoms with E-state index in [4.69, 9.17) is 5.73 Å². The first-order valence-corrected chi connectivity index (χ1v) is 7.21. The van der Waals surface area contributed by atoms with Crippen LogP contribution in [0.3, 0.4) is 0 Å². The summed E-state index contributed by atoms with van der Waals surface area (Å²) in [6, 6.07) is 15.2. The molecule has 3 aromatic rings. The molecule has 3 N–H and O–H groups in total. The molecule has 0 aliphatic carbocycles. The minimum atomic E-state index is -0.384. The van der Waals surface area contributed by atoms with Crippen LogP contribution in [0.15, 0.2) is 48.5 Å². The van der Waals surface area contributed by atoms with Gasteiger partial charge in [-0.3, -0.25) is 4.79 Å². The third kappa shape index (κ3) is 3.06. The summed E-state index contributed by atoms with van der Waals surface area (Å²) in [5.41, 5.74) is 9.79. The fourth-order valence-electron chi connectivity index (χ4n) is 2.23. The van der Waals surface area contributed by atoms with Crippen LogP contribution < -0.4 is 11.1 Å². The molecule has 116 valence electrons. The van der Waals surface area contributed by atoms with Crippen molar-refractivity contribution in [3.05, 3.63) is 65.4 Å². The summed E-state index contributed by atoms with van der Waals surface area (Å²) in [5, 5.41) is 10.7. The van der Waals surface area contributed by atoms with Gasteiger partial charge in [0.05, 0.1) is 5.69 Å². The molecule has 6 heteroatoms. The number of anilines is 2. The van der Waals surface area contributed by atoms with E-state index in [0.717, 1.165) is 16.8 Å². The van der Waals surface area contributed by atoms with Crippen molar-refractivity contribution in [3.8, 4) is 5.69 Å². The second-order valence-corrected chi connectivity index (χ2v) is 5.39. The lowest BCUT2D eigenvalue weighted by molar-refractivity contribution is 0.102. The molecular weight excluding hydrogens is 290 g/mol. The molecule has 0 radical (unpaired) electrons. The Morgan fingerprint density at radius 3 is 2.52 bits per heavy atom. The molecule has 1 aromatic heterocycles. The molecule has 0 bridgehead atoms. The first-order valence-electron chi connectivity index (χ1n) is 7.21. The molecule has 0 saturated heterocycles. The van der Waals surface area contributed by atoms with Gasteiger partial charge in [0.25, 0.3) is 5.91 Å². The highest BCUT2D eigenvalue weighted by atomic mass is 16.2. The fourth-order valence-corrected chi connectivity index (χ4v) is 2.23. The van der Waals surface area contributed by atoms with Gasteiger partial charge in [0.15, 0.2) is 11.5 Å². The van der Waals surface area contributed by atoms with E-state index in [1.807, 2.05) is 62.4 Å². The molecule has 0 aliphatic rings. The molecule has 23 heavy (non-hydrogen) atoms. The molecule has 2 aromatic carbocycles. The number of hydrogen-bond donors (Lipinski definition) is 2. The van der Waals surface area contributed by atoms with Gasteiger partial charge in [-0.1, -0.05) is 35.0 Å². The highest BCUT2D eigenvalue weighted by molar-refractivity contribution is 6.05. The van der Waals surface area contributed by atoms with Gasteiger partial charge in [0, 0.05) is 5.69 Å². The lowest BCUT2D eigenvalue weighted by Gasteiger charge is -2.05.